The largest absolute Gasteiger partial charge is 0.450 e. The van der Waals surface area contributed by atoms with Crippen LogP contribution in [0.25, 0.3) is 11.1 Å². The third-order valence-electron chi connectivity index (χ3n) is 3.98. The van der Waals surface area contributed by atoms with Crippen LogP contribution in [0, 0.1) is 0 Å². The van der Waals surface area contributed by atoms with Crippen molar-refractivity contribution >= 4 is 23.1 Å². The Morgan fingerprint density at radius 1 is 0.600 bits per heavy atom. The molecule has 0 saturated carbocycles. The van der Waals surface area contributed by atoms with Gasteiger partial charge in [0.05, 0.1) is 12.8 Å². The maximum Gasteiger partial charge on any atom is 0.450 e. The molecule has 0 atom stereocenters. The Kier molecular flexibility index (Phi) is 6.59. The van der Waals surface area contributed by atoms with Crippen LogP contribution in [0.3, 0.4) is 0 Å². The molecule has 0 aliphatic carbocycles. The molecule has 0 amide bonds. The summed E-state index contributed by atoms with van der Waals surface area (Å²) >= 11 is 0. The molecule has 0 N–H and O–H groups in total. The van der Waals surface area contributed by atoms with E-state index in [9.17, 15) is 45.5 Å². The molecule has 2 rings (SSSR count). The summed E-state index contributed by atoms with van der Waals surface area (Å²) in [4.78, 5) is 45.9. The fraction of sp³-hybridized carbons (Fsp3) is 0.200. The van der Waals surface area contributed by atoms with Gasteiger partial charge in [0.1, 0.15) is 0 Å². The maximum absolute atomic E-state index is 12.3. The molecule has 10 heteroatoms. The Hall–Kier alpha value is -3.30. The minimum atomic E-state index is -5.14. The summed E-state index contributed by atoms with van der Waals surface area (Å²) in [6.07, 6.45) is -13.0. The Labute approximate surface area is 165 Å². The summed E-state index contributed by atoms with van der Waals surface area (Å²) in [5.41, 5.74) is 0.178. The predicted octanol–water partition coefficient (Wildman–Crippen LogP) is 4.76. The smallest absolute Gasteiger partial charge is 0.294 e. The number of Topliss-reactive ketones (excluding diaryl/α,β-unsaturated/α-hetero) is 4. The van der Waals surface area contributed by atoms with E-state index in [4.69, 9.17) is 0 Å². The highest BCUT2D eigenvalue weighted by atomic mass is 19.4. The number of halogens is 6. The number of carbonyl (C=O) groups is 4. The van der Waals surface area contributed by atoms with Crippen molar-refractivity contribution in [1.29, 1.82) is 0 Å². The second kappa shape index (κ2) is 8.60. The Morgan fingerprint density at radius 3 is 1.23 bits per heavy atom. The van der Waals surface area contributed by atoms with Crippen molar-refractivity contribution < 1.29 is 45.5 Å². The second-order valence-electron chi connectivity index (χ2n) is 6.20. The van der Waals surface area contributed by atoms with Gasteiger partial charge in [-0.1, -0.05) is 36.4 Å². The third-order valence-corrected chi connectivity index (χ3v) is 3.98. The standard InChI is InChI=1S/C20H12F6O4/c21-19(22,23)17(29)9-15(27)13-5-1-3-11(7-13)12-4-2-6-14(8-12)16(28)10-18(30)20(24,25)26/h1-8H,9-10H2. The molecular weight excluding hydrogens is 418 g/mol. The van der Waals surface area contributed by atoms with Gasteiger partial charge in [-0.3, -0.25) is 19.2 Å². The summed E-state index contributed by atoms with van der Waals surface area (Å²) in [5.74, 6) is -6.52. The number of rotatable bonds is 7. The van der Waals surface area contributed by atoms with Gasteiger partial charge in [0.2, 0.25) is 11.6 Å². The second-order valence-corrected chi connectivity index (χ2v) is 6.20. The highest BCUT2D eigenvalue weighted by Gasteiger charge is 2.40. The topological polar surface area (TPSA) is 68.3 Å². The molecule has 0 fully saturated rings. The molecule has 0 spiro atoms. The molecule has 158 valence electrons. The number of alkyl halides is 6. The minimum absolute atomic E-state index is 0.186. The van der Waals surface area contributed by atoms with Gasteiger partial charge >= 0.3 is 12.4 Å². The van der Waals surface area contributed by atoms with Crippen molar-refractivity contribution in [2.24, 2.45) is 0 Å². The van der Waals surface area contributed by atoms with Crippen LogP contribution in [0.1, 0.15) is 33.6 Å². The van der Waals surface area contributed by atoms with Crippen molar-refractivity contribution in [2.75, 3.05) is 0 Å². The lowest BCUT2D eigenvalue weighted by molar-refractivity contribution is -0.170. The molecule has 2 aromatic carbocycles. The average molecular weight is 430 g/mol. The van der Waals surface area contributed by atoms with E-state index in [0.717, 1.165) is 0 Å². The van der Waals surface area contributed by atoms with Crippen LogP contribution in [0.4, 0.5) is 26.3 Å². The van der Waals surface area contributed by atoms with Gasteiger partial charge in [-0.05, 0) is 23.3 Å². The molecule has 0 bridgehead atoms. The Bertz CT molecular complexity index is 923. The zero-order valence-electron chi connectivity index (χ0n) is 14.9. The number of ketones is 4. The normalized spacial score (nSPS) is 11.8. The molecule has 0 aliphatic rings. The van der Waals surface area contributed by atoms with E-state index in [1.165, 1.54) is 48.5 Å². The van der Waals surface area contributed by atoms with Crippen LogP contribution in [-0.2, 0) is 9.59 Å². The van der Waals surface area contributed by atoms with E-state index in [-0.39, 0.29) is 22.3 Å². The molecule has 0 unspecified atom stereocenters. The maximum atomic E-state index is 12.3. The number of carbonyl (C=O) groups excluding carboxylic acids is 4. The first-order valence-corrected chi connectivity index (χ1v) is 8.26. The van der Waals surface area contributed by atoms with E-state index >= 15 is 0 Å². The summed E-state index contributed by atoms with van der Waals surface area (Å²) in [7, 11) is 0. The fourth-order valence-corrected chi connectivity index (χ4v) is 2.44. The van der Waals surface area contributed by atoms with Gasteiger partial charge in [0.15, 0.2) is 11.6 Å². The average Bonchev–Trinajstić information content (AvgIpc) is 2.66. The fourth-order valence-electron chi connectivity index (χ4n) is 2.44. The van der Waals surface area contributed by atoms with E-state index in [0.29, 0.717) is 0 Å². The molecule has 0 heterocycles. The first-order valence-electron chi connectivity index (χ1n) is 8.26. The Morgan fingerprint density at radius 2 is 0.933 bits per heavy atom. The first kappa shape index (κ1) is 23.0. The number of benzene rings is 2. The van der Waals surface area contributed by atoms with Gasteiger partial charge in [-0.15, -0.1) is 0 Å². The van der Waals surface area contributed by atoms with Crippen LogP contribution in [-0.4, -0.2) is 35.5 Å². The van der Waals surface area contributed by atoms with Crippen LogP contribution < -0.4 is 0 Å². The highest BCUT2D eigenvalue weighted by molar-refractivity contribution is 6.11. The van der Waals surface area contributed by atoms with Crippen LogP contribution in [0.2, 0.25) is 0 Å². The van der Waals surface area contributed by atoms with Crippen molar-refractivity contribution in [1.82, 2.24) is 0 Å². The van der Waals surface area contributed by atoms with E-state index in [2.05, 4.69) is 0 Å². The molecule has 0 aliphatic heterocycles. The molecule has 4 nitrogen and oxygen atoms in total. The quantitative estimate of drug-likeness (QED) is 0.361. The number of hydrogen-bond donors (Lipinski definition) is 0. The molecule has 0 saturated heterocycles. The lowest BCUT2D eigenvalue weighted by Crippen LogP contribution is -2.25. The van der Waals surface area contributed by atoms with Gasteiger partial charge < -0.3 is 0 Å². The summed E-state index contributed by atoms with van der Waals surface area (Å²) in [6, 6.07) is 10.4. The van der Waals surface area contributed by atoms with Gasteiger partial charge in [0.25, 0.3) is 0 Å². The van der Waals surface area contributed by atoms with E-state index in [1.54, 1.807) is 0 Å². The molecule has 0 radical (unpaired) electrons. The van der Waals surface area contributed by atoms with Gasteiger partial charge in [-0.2, -0.15) is 26.3 Å². The van der Waals surface area contributed by atoms with Crippen molar-refractivity contribution in [3.8, 4) is 11.1 Å². The first-order chi connectivity index (χ1) is 13.8. The van der Waals surface area contributed by atoms with Crippen molar-refractivity contribution in [3.63, 3.8) is 0 Å². The summed E-state index contributed by atoms with van der Waals surface area (Å²) in [6.45, 7) is 0. The lowest BCUT2D eigenvalue weighted by atomic mass is 9.96. The zero-order chi connectivity index (χ0) is 22.7. The van der Waals surface area contributed by atoms with Crippen molar-refractivity contribution in [2.45, 2.75) is 25.2 Å². The van der Waals surface area contributed by atoms with Gasteiger partial charge in [0, 0.05) is 11.1 Å². The Balaban J connectivity index is 2.25. The summed E-state index contributed by atoms with van der Waals surface area (Å²) < 4.78 is 74.0. The van der Waals surface area contributed by atoms with Crippen LogP contribution in [0.15, 0.2) is 48.5 Å². The molecule has 2 aromatic rings. The van der Waals surface area contributed by atoms with Crippen molar-refractivity contribution in [3.05, 3.63) is 59.7 Å². The monoisotopic (exact) mass is 430 g/mol. The molecular formula is C20H12F6O4. The van der Waals surface area contributed by atoms with Crippen LogP contribution in [0.5, 0.6) is 0 Å². The van der Waals surface area contributed by atoms with Gasteiger partial charge in [-0.25, -0.2) is 0 Å². The lowest BCUT2D eigenvalue weighted by Gasteiger charge is -2.08. The highest BCUT2D eigenvalue weighted by Crippen LogP contribution is 2.25. The zero-order valence-corrected chi connectivity index (χ0v) is 14.9. The van der Waals surface area contributed by atoms with Crippen LogP contribution >= 0.6 is 0 Å². The predicted molar refractivity (Wildman–Crippen MR) is 91.9 cm³/mol. The SMILES string of the molecule is O=C(CC(=O)C(F)(F)F)c1cccc(-c2cccc(C(=O)CC(=O)C(F)(F)F)c2)c1. The summed E-state index contributed by atoms with van der Waals surface area (Å²) in [5, 5.41) is 0. The third kappa shape index (κ3) is 5.85. The van der Waals surface area contributed by atoms with E-state index < -0.39 is 48.3 Å². The molecule has 30 heavy (non-hydrogen) atoms. The number of hydrogen-bond acceptors (Lipinski definition) is 4. The molecule has 0 aromatic heterocycles. The minimum Gasteiger partial charge on any atom is -0.294 e. The van der Waals surface area contributed by atoms with E-state index in [1.807, 2.05) is 0 Å².